The van der Waals surface area contributed by atoms with Crippen LogP contribution in [0.1, 0.15) is 47.9 Å². The summed E-state index contributed by atoms with van der Waals surface area (Å²) in [5, 5.41) is 6.47. The monoisotopic (exact) mass is 631 g/mol. The molecule has 46 heavy (non-hydrogen) atoms. The van der Waals surface area contributed by atoms with Crippen LogP contribution in [0.15, 0.2) is 36.4 Å². The van der Waals surface area contributed by atoms with Crippen molar-refractivity contribution >= 4 is 29.4 Å². The minimum absolute atomic E-state index is 0.0356. The number of piperazine rings is 1. The minimum atomic E-state index is -0.918. The van der Waals surface area contributed by atoms with Crippen LogP contribution in [0, 0.1) is 13.8 Å². The molecule has 1 atom stereocenters. The summed E-state index contributed by atoms with van der Waals surface area (Å²) >= 11 is 0. The number of nitrogens with one attached hydrogen (secondary N) is 2. The second-order valence-electron chi connectivity index (χ2n) is 13.3. The highest BCUT2D eigenvalue weighted by Crippen LogP contribution is 2.26. The van der Waals surface area contributed by atoms with Crippen LogP contribution >= 0.6 is 0 Å². The number of amides is 4. The van der Waals surface area contributed by atoms with E-state index in [1.54, 1.807) is 4.90 Å². The smallest absolute Gasteiger partial charge is 0.410 e. The summed E-state index contributed by atoms with van der Waals surface area (Å²) in [6, 6.07) is 12.3. The number of hydrogen-bond donors (Lipinski definition) is 3. The van der Waals surface area contributed by atoms with E-state index in [4.69, 9.17) is 10.5 Å². The number of hydrogen-bond acceptors (Lipinski definition) is 7. The molecule has 4 aliphatic rings. The van der Waals surface area contributed by atoms with Crippen LogP contribution in [-0.4, -0.2) is 115 Å². The van der Waals surface area contributed by atoms with E-state index in [-0.39, 0.29) is 18.0 Å². The van der Waals surface area contributed by atoms with E-state index >= 15 is 0 Å². The van der Waals surface area contributed by atoms with Gasteiger partial charge in [-0.15, -0.1) is 0 Å². The Hall–Kier alpha value is -3.83. The minimum Gasteiger partial charge on any atom is -0.436 e. The summed E-state index contributed by atoms with van der Waals surface area (Å²) in [5.74, 6) is -0.130. The molecule has 0 saturated carbocycles. The number of carbonyl (C=O) groups is 3. The van der Waals surface area contributed by atoms with Gasteiger partial charge in [0.2, 0.25) is 0 Å². The molecule has 4 amide bonds. The first-order chi connectivity index (χ1) is 22.3. The van der Waals surface area contributed by atoms with Gasteiger partial charge in [-0.25, -0.2) is 9.59 Å². The van der Waals surface area contributed by atoms with Crippen molar-refractivity contribution in [3.8, 4) is 0 Å². The lowest BCUT2D eigenvalue weighted by atomic mass is 9.98. The van der Waals surface area contributed by atoms with Crippen LogP contribution in [0.3, 0.4) is 0 Å². The van der Waals surface area contributed by atoms with E-state index in [9.17, 15) is 14.4 Å². The zero-order valence-electron chi connectivity index (χ0n) is 27.3. The Morgan fingerprint density at radius 2 is 1.52 bits per heavy atom. The molecule has 4 N–H and O–H groups in total. The molecule has 6 rings (SSSR count). The van der Waals surface area contributed by atoms with Crippen molar-refractivity contribution < 1.29 is 19.1 Å². The number of ether oxygens (including phenoxy) is 1. The van der Waals surface area contributed by atoms with Crippen molar-refractivity contribution in [2.75, 3.05) is 70.0 Å². The highest BCUT2D eigenvalue weighted by molar-refractivity contribution is 5.91. The van der Waals surface area contributed by atoms with Gasteiger partial charge in [0.1, 0.15) is 0 Å². The molecule has 0 unspecified atom stereocenters. The molecule has 2 aromatic carbocycles. The molecule has 11 heteroatoms. The SMILES string of the molecule is Cc1cc(C[C@@H](OC(=O)N2CCC(N3CCc4ccccc4NC3=O)CC2)C(=O)N2CCC(N3CCNCC3)CC2)cc(C)c1N. The Morgan fingerprint density at radius 3 is 2.22 bits per heavy atom. The average Bonchev–Trinajstić information content (AvgIpc) is 3.25. The van der Waals surface area contributed by atoms with Gasteiger partial charge in [0.15, 0.2) is 6.10 Å². The van der Waals surface area contributed by atoms with Crippen LogP contribution < -0.4 is 16.4 Å². The van der Waals surface area contributed by atoms with Crippen molar-refractivity contribution in [3.05, 3.63) is 58.7 Å². The molecule has 0 bridgehead atoms. The van der Waals surface area contributed by atoms with Gasteiger partial charge in [0.05, 0.1) is 0 Å². The Labute approximate surface area is 272 Å². The molecular weight excluding hydrogens is 582 g/mol. The van der Waals surface area contributed by atoms with Crippen LogP contribution in [0.5, 0.6) is 0 Å². The van der Waals surface area contributed by atoms with E-state index < -0.39 is 12.2 Å². The van der Waals surface area contributed by atoms with Gasteiger partial charge in [-0.3, -0.25) is 9.69 Å². The van der Waals surface area contributed by atoms with Gasteiger partial charge in [-0.05, 0) is 74.3 Å². The number of piperidine rings is 2. The molecular formula is C35H49N7O4. The molecule has 4 aliphatic heterocycles. The maximum absolute atomic E-state index is 14.0. The Bertz CT molecular complexity index is 1390. The summed E-state index contributed by atoms with van der Waals surface area (Å²) in [6.07, 6.45) is 2.88. The Balaban J connectivity index is 1.09. The largest absolute Gasteiger partial charge is 0.436 e. The number of para-hydroxylation sites is 1. The molecule has 4 heterocycles. The molecule has 0 aliphatic carbocycles. The summed E-state index contributed by atoms with van der Waals surface area (Å²) in [4.78, 5) is 48.7. The molecule has 11 nitrogen and oxygen atoms in total. The number of nitrogens with two attached hydrogens (primary N) is 1. The van der Waals surface area contributed by atoms with Crippen LogP contribution in [0.4, 0.5) is 21.0 Å². The molecule has 3 saturated heterocycles. The van der Waals surface area contributed by atoms with E-state index in [1.807, 2.05) is 54.0 Å². The van der Waals surface area contributed by atoms with Crippen LogP contribution in [-0.2, 0) is 22.4 Å². The number of fused-ring (bicyclic) bond motifs is 1. The summed E-state index contributed by atoms with van der Waals surface area (Å²) in [6.45, 7) is 10.9. The summed E-state index contributed by atoms with van der Waals surface area (Å²) in [5.41, 5.74) is 11.8. The van der Waals surface area contributed by atoms with Gasteiger partial charge in [-0.1, -0.05) is 30.3 Å². The van der Waals surface area contributed by atoms with Gasteiger partial charge in [-0.2, -0.15) is 0 Å². The van der Waals surface area contributed by atoms with E-state index in [1.165, 1.54) is 0 Å². The second-order valence-corrected chi connectivity index (χ2v) is 13.3. The molecule has 0 radical (unpaired) electrons. The number of nitrogen functional groups attached to an aromatic ring is 1. The number of anilines is 2. The number of benzene rings is 2. The van der Waals surface area contributed by atoms with Crippen molar-refractivity contribution in [2.45, 2.75) is 70.6 Å². The third-order valence-corrected chi connectivity index (χ3v) is 10.3. The van der Waals surface area contributed by atoms with Gasteiger partial charge >= 0.3 is 12.1 Å². The third-order valence-electron chi connectivity index (χ3n) is 10.3. The van der Waals surface area contributed by atoms with Crippen LogP contribution in [0.25, 0.3) is 0 Å². The number of aryl methyl sites for hydroxylation is 2. The molecule has 3 fully saturated rings. The first kappa shape index (κ1) is 32.1. The normalized spacial score (nSPS) is 20.9. The van der Waals surface area contributed by atoms with E-state index in [0.29, 0.717) is 58.0 Å². The van der Waals surface area contributed by atoms with Gasteiger partial charge in [0.25, 0.3) is 5.91 Å². The number of nitrogens with zero attached hydrogens (tertiary/aromatic N) is 4. The lowest BCUT2D eigenvalue weighted by Crippen LogP contribution is -2.54. The third kappa shape index (κ3) is 7.25. The highest BCUT2D eigenvalue weighted by atomic mass is 16.6. The fourth-order valence-corrected chi connectivity index (χ4v) is 7.57. The molecule has 0 spiro atoms. The van der Waals surface area contributed by atoms with Crippen molar-refractivity contribution in [2.24, 2.45) is 0 Å². The van der Waals surface area contributed by atoms with Crippen molar-refractivity contribution in [1.29, 1.82) is 0 Å². The van der Waals surface area contributed by atoms with Gasteiger partial charge in [0, 0.05) is 88.8 Å². The molecule has 0 aromatic heterocycles. The van der Waals surface area contributed by atoms with E-state index in [2.05, 4.69) is 21.6 Å². The zero-order valence-corrected chi connectivity index (χ0v) is 27.3. The van der Waals surface area contributed by atoms with Crippen molar-refractivity contribution in [1.82, 2.24) is 24.9 Å². The first-order valence-corrected chi connectivity index (χ1v) is 17.0. The Kier molecular flexibility index (Phi) is 9.98. The highest BCUT2D eigenvalue weighted by Gasteiger charge is 2.36. The maximum Gasteiger partial charge on any atom is 0.410 e. The number of carbonyl (C=O) groups excluding carboxylic acids is 3. The maximum atomic E-state index is 14.0. The summed E-state index contributed by atoms with van der Waals surface area (Å²) in [7, 11) is 0. The van der Waals surface area contributed by atoms with Crippen LogP contribution in [0.2, 0.25) is 0 Å². The zero-order chi connectivity index (χ0) is 32.2. The number of rotatable bonds is 6. The first-order valence-electron chi connectivity index (χ1n) is 17.0. The molecule has 2 aromatic rings. The second kappa shape index (κ2) is 14.3. The summed E-state index contributed by atoms with van der Waals surface area (Å²) < 4.78 is 6.08. The predicted octanol–water partition coefficient (Wildman–Crippen LogP) is 3.38. The Morgan fingerprint density at radius 1 is 0.891 bits per heavy atom. The molecule has 248 valence electrons. The topological polar surface area (TPSA) is 123 Å². The fourth-order valence-electron chi connectivity index (χ4n) is 7.57. The van der Waals surface area contributed by atoms with E-state index in [0.717, 1.165) is 79.1 Å². The fraction of sp³-hybridized carbons (Fsp3) is 0.571. The standard InChI is InChI=1S/C35H49N7O4/c1-24-21-26(22-25(2)32(24)36)23-31(33(43)40-14-8-28(9-15-40)39-19-12-37-13-20-39)46-35(45)41-16-10-29(11-17-41)42-18-7-27-5-3-4-6-30(27)38-34(42)44/h3-6,21-22,28-29,31,37H,7-20,23,36H2,1-2H3,(H,38,44)/t31-/m1/s1. The van der Waals surface area contributed by atoms with Gasteiger partial charge < -0.3 is 35.8 Å². The quantitative estimate of drug-likeness (QED) is 0.418. The number of urea groups is 1. The van der Waals surface area contributed by atoms with Crippen molar-refractivity contribution in [3.63, 3.8) is 0 Å². The number of likely N-dealkylation sites (tertiary alicyclic amines) is 2. The predicted molar refractivity (Wildman–Crippen MR) is 179 cm³/mol. The lowest BCUT2D eigenvalue weighted by Gasteiger charge is -2.41. The average molecular weight is 632 g/mol. The lowest BCUT2D eigenvalue weighted by molar-refractivity contribution is -0.142.